The Morgan fingerprint density at radius 2 is 2.23 bits per heavy atom. The molecule has 0 aromatic rings. The van der Waals surface area contributed by atoms with E-state index in [1.165, 1.54) is 0 Å². The van der Waals surface area contributed by atoms with Crippen LogP contribution in [0.15, 0.2) is 0 Å². The molecule has 0 aromatic heterocycles. The van der Waals surface area contributed by atoms with E-state index in [0.29, 0.717) is 6.04 Å². The van der Waals surface area contributed by atoms with E-state index >= 15 is 0 Å². The van der Waals surface area contributed by atoms with Gasteiger partial charge in [-0.15, -0.1) is 0 Å². The lowest BCUT2D eigenvalue weighted by atomic mass is 10.1. The third-order valence-electron chi connectivity index (χ3n) is 1.95. The first-order chi connectivity index (χ1) is 5.94. The highest BCUT2D eigenvalue weighted by Gasteiger charge is 2.34. The fourth-order valence-electron chi connectivity index (χ4n) is 1.16. The van der Waals surface area contributed by atoms with Crippen LogP contribution < -0.4 is 0 Å². The van der Waals surface area contributed by atoms with Crippen LogP contribution in [-0.2, 0) is 4.74 Å². The first-order valence-electron chi connectivity index (χ1n) is 4.49. The summed E-state index contributed by atoms with van der Waals surface area (Å²) >= 11 is 3.37. The minimum atomic E-state index is -0.385. The second-order valence-corrected chi connectivity index (χ2v) is 4.92. The van der Waals surface area contributed by atoms with E-state index in [1.54, 1.807) is 4.90 Å². The molecule has 0 unspecified atom stereocenters. The molecule has 0 aromatic carbocycles. The van der Waals surface area contributed by atoms with Crippen molar-refractivity contribution in [3.63, 3.8) is 0 Å². The topological polar surface area (TPSA) is 29.5 Å². The van der Waals surface area contributed by atoms with Gasteiger partial charge in [-0.1, -0.05) is 15.9 Å². The molecule has 0 bridgehead atoms. The van der Waals surface area contributed by atoms with E-state index in [2.05, 4.69) is 15.9 Å². The maximum Gasteiger partial charge on any atom is 0.410 e. The Labute approximate surface area is 87.6 Å². The normalized spacial score (nSPS) is 22.5. The summed E-state index contributed by atoms with van der Waals surface area (Å²) in [7, 11) is 0. The van der Waals surface area contributed by atoms with Crippen molar-refractivity contribution in [3.05, 3.63) is 0 Å². The number of likely N-dealkylation sites (tertiary alicyclic amines) is 1. The van der Waals surface area contributed by atoms with E-state index in [9.17, 15) is 4.79 Å². The second-order valence-electron chi connectivity index (χ2n) is 4.27. The highest BCUT2D eigenvalue weighted by molar-refractivity contribution is 9.09. The zero-order valence-electron chi connectivity index (χ0n) is 8.34. The Bertz CT molecular complexity index is 198. The van der Waals surface area contributed by atoms with Crippen LogP contribution in [0.3, 0.4) is 0 Å². The third kappa shape index (κ3) is 2.86. The molecule has 1 heterocycles. The molecule has 4 heteroatoms. The molecule has 1 fully saturated rings. The summed E-state index contributed by atoms with van der Waals surface area (Å²) < 4.78 is 5.24. The number of alkyl halides is 1. The van der Waals surface area contributed by atoms with Gasteiger partial charge in [-0.3, -0.25) is 0 Å². The van der Waals surface area contributed by atoms with Crippen molar-refractivity contribution in [2.75, 3.05) is 11.9 Å². The van der Waals surface area contributed by atoms with Crippen LogP contribution >= 0.6 is 15.9 Å². The van der Waals surface area contributed by atoms with Crippen molar-refractivity contribution in [2.24, 2.45) is 0 Å². The van der Waals surface area contributed by atoms with Gasteiger partial charge in [0.25, 0.3) is 0 Å². The van der Waals surface area contributed by atoms with E-state index in [0.717, 1.165) is 18.3 Å². The van der Waals surface area contributed by atoms with Gasteiger partial charge in [0.1, 0.15) is 5.60 Å². The number of hydrogen-bond acceptors (Lipinski definition) is 2. The highest BCUT2D eigenvalue weighted by atomic mass is 79.9. The predicted molar refractivity (Wildman–Crippen MR) is 55.1 cm³/mol. The smallest absolute Gasteiger partial charge is 0.410 e. The number of carbonyl (C=O) groups is 1. The largest absolute Gasteiger partial charge is 0.444 e. The first-order valence-corrected chi connectivity index (χ1v) is 5.62. The van der Waals surface area contributed by atoms with Crippen molar-refractivity contribution in [2.45, 2.75) is 38.8 Å². The summed E-state index contributed by atoms with van der Waals surface area (Å²) in [6.45, 7) is 6.47. The number of ether oxygens (including phenoxy) is 1. The number of hydrogen-bond donors (Lipinski definition) is 0. The predicted octanol–water partition coefficient (Wildman–Crippen LogP) is 2.39. The fraction of sp³-hybridized carbons (Fsp3) is 0.889. The second kappa shape index (κ2) is 3.86. The van der Waals surface area contributed by atoms with Gasteiger partial charge in [0.2, 0.25) is 0 Å². The monoisotopic (exact) mass is 249 g/mol. The number of rotatable bonds is 1. The van der Waals surface area contributed by atoms with Crippen LogP contribution in [0.4, 0.5) is 4.79 Å². The molecule has 0 saturated carbocycles. The minimum absolute atomic E-state index is 0.191. The van der Waals surface area contributed by atoms with Crippen molar-refractivity contribution in [1.29, 1.82) is 0 Å². The molecule has 76 valence electrons. The van der Waals surface area contributed by atoms with E-state index in [4.69, 9.17) is 4.74 Å². The summed E-state index contributed by atoms with van der Waals surface area (Å²) in [4.78, 5) is 13.3. The SMILES string of the molecule is CC(C)(C)OC(=O)N1CC[C@H]1CBr. The van der Waals surface area contributed by atoms with Gasteiger partial charge < -0.3 is 9.64 Å². The van der Waals surface area contributed by atoms with Crippen LogP contribution in [-0.4, -0.2) is 34.5 Å². The maximum atomic E-state index is 11.5. The van der Waals surface area contributed by atoms with Crippen LogP contribution in [0.2, 0.25) is 0 Å². The lowest BCUT2D eigenvalue weighted by molar-refractivity contribution is -0.000736. The molecule has 0 aliphatic carbocycles. The van der Waals surface area contributed by atoms with E-state index in [-0.39, 0.29) is 11.7 Å². The molecule has 0 N–H and O–H groups in total. The zero-order valence-corrected chi connectivity index (χ0v) is 9.93. The van der Waals surface area contributed by atoms with E-state index < -0.39 is 0 Å². The molecule has 1 amide bonds. The molecule has 1 atom stereocenters. The molecule has 3 nitrogen and oxygen atoms in total. The van der Waals surface area contributed by atoms with Gasteiger partial charge in [0.15, 0.2) is 0 Å². The summed E-state index contributed by atoms with van der Waals surface area (Å²) in [5.41, 5.74) is -0.385. The lowest BCUT2D eigenvalue weighted by Gasteiger charge is -2.40. The minimum Gasteiger partial charge on any atom is -0.444 e. The molecule has 0 radical (unpaired) electrons. The molecule has 0 spiro atoms. The highest BCUT2D eigenvalue weighted by Crippen LogP contribution is 2.22. The first kappa shape index (κ1) is 10.8. The summed E-state index contributed by atoms with van der Waals surface area (Å²) in [6.07, 6.45) is 0.882. The standard InChI is InChI=1S/C9H16BrNO2/c1-9(2,3)13-8(12)11-5-4-7(11)6-10/h7H,4-6H2,1-3H3/t7-/m0/s1. The molecule has 13 heavy (non-hydrogen) atoms. The average Bonchev–Trinajstić information content (AvgIpc) is 1.80. The van der Waals surface area contributed by atoms with Crippen molar-refractivity contribution in [3.8, 4) is 0 Å². The van der Waals surface area contributed by atoms with Gasteiger partial charge in [-0.05, 0) is 27.2 Å². The number of amides is 1. The van der Waals surface area contributed by atoms with Crippen molar-refractivity contribution in [1.82, 2.24) is 4.90 Å². The van der Waals surface area contributed by atoms with Gasteiger partial charge >= 0.3 is 6.09 Å². The van der Waals surface area contributed by atoms with Crippen molar-refractivity contribution >= 4 is 22.0 Å². The Kier molecular flexibility index (Phi) is 3.22. The van der Waals surface area contributed by atoms with Crippen LogP contribution in [0.1, 0.15) is 27.2 Å². The maximum absolute atomic E-state index is 11.5. The van der Waals surface area contributed by atoms with Crippen LogP contribution in [0, 0.1) is 0 Å². The van der Waals surface area contributed by atoms with Gasteiger partial charge in [0, 0.05) is 17.9 Å². The van der Waals surface area contributed by atoms with Crippen LogP contribution in [0.25, 0.3) is 0 Å². The summed E-state index contributed by atoms with van der Waals surface area (Å²) in [6, 6.07) is 0.329. The third-order valence-corrected chi connectivity index (χ3v) is 2.70. The Balaban J connectivity index is 2.40. The molecule has 1 aliphatic rings. The number of nitrogens with zero attached hydrogens (tertiary/aromatic N) is 1. The molecule has 1 aliphatic heterocycles. The fourth-order valence-corrected chi connectivity index (χ4v) is 1.84. The molecule has 1 rings (SSSR count). The number of halogens is 1. The van der Waals surface area contributed by atoms with Crippen LogP contribution in [0.5, 0.6) is 0 Å². The van der Waals surface area contributed by atoms with Gasteiger partial charge in [-0.2, -0.15) is 0 Å². The summed E-state index contributed by atoms with van der Waals surface area (Å²) in [5.74, 6) is 0. The van der Waals surface area contributed by atoms with Crippen molar-refractivity contribution < 1.29 is 9.53 Å². The van der Waals surface area contributed by atoms with Gasteiger partial charge in [-0.25, -0.2) is 4.79 Å². The molecular formula is C9H16BrNO2. The molecule has 1 saturated heterocycles. The average molecular weight is 250 g/mol. The molecular weight excluding hydrogens is 234 g/mol. The van der Waals surface area contributed by atoms with Gasteiger partial charge in [0.05, 0.1) is 0 Å². The zero-order chi connectivity index (χ0) is 10.1. The number of carbonyl (C=O) groups excluding carboxylic acids is 1. The quantitative estimate of drug-likeness (QED) is 0.669. The Hall–Kier alpha value is -0.250. The summed E-state index contributed by atoms with van der Waals surface area (Å²) in [5, 5.41) is 0.840. The Morgan fingerprint density at radius 3 is 2.54 bits per heavy atom. The van der Waals surface area contributed by atoms with E-state index in [1.807, 2.05) is 20.8 Å². The lowest BCUT2D eigenvalue weighted by Crippen LogP contribution is -2.53. The Morgan fingerprint density at radius 1 is 1.62 bits per heavy atom.